The van der Waals surface area contributed by atoms with Crippen molar-refractivity contribution in [2.24, 2.45) is 5.41 Å². The van der Waals surface area contributed by atoms with Crippen molar-refractivity contribution >= 4 is 23.6 Å². The number of furan rings is 1. The molecule has 1 saturated heterocycles. The number of anilines is 1. The summed E-state index contributed by atoms with van der Waals surface area (Å²) in [7, 11) is 0. The minimum absolute atomic E-state index is 0.0225. The van der Waals surface area contributed by atoms with Crippen LogP contribution in [0.2, 0.25) is 0 Å². The molecular formula is C29H40N4O5. The van der Waals surface area contributed by atoms with Gasteiger partial charge in [0.05, 0.1) is 6.26 Å². The molecule has 206 valence electrons. The number of carbonyl (C=O) groups excluding carboxylic acids is 2. The number of pyridine rings is 1. The SMILES string of the molecule is CCc1ccc(N(C(=O)c2ccco2)C2CCN(CCC3(CC(=O)NCC(=O)O)CCCCC3)CC2)nc1. The second-order valence-electron chi connectivity index (χ2n) is 10.8. The Hall–Kier alpha value is -3.20. The maximum atomic E-state index is 13.4. The van der Waals surface area contributed by atoms with Crippen LogP contribution in [0, 0.1) is 5.41 Å². The van der Waals surface area contributed by atoms with Crippen molar-refractivity contribution in [3.05, 3.63) is 48.0 Å². The monoisotopic (exact) mass is 524 g/mol. The number of hydrogen-bond acceptors (Lipinski definition) is 6. The van der Waals surface area contributed by atoms with Crippen molar-refractivity contribution in [2.75, 3.05) is 31.1 Å². The molecule has 1 saturated carbocycles. The minimum Gasteiger partial charge on any atom is -0.480 e. The van der Waals surface area contributed by atoms with Crippen LogP contribution in [0.25, 0.3) is 0 Å². The molecule has 2 N–H and O–H groups in total. The van der Waals surface area contributed by atoms with Crippen molar-refractivity contribution in [1.29, 1.82) is 0 Å². The Morgan fingerprint density at radius 2 is 1.92 bits per heavy atom. The van der Waals surface area contributed by atoms with Gasteiger partial charge in [-0.25, -0.2) is 4.98 Å². The molecule has 0 spiro atoms. The Morgan fingerprint density at radius 1 is 1.16 bits per heavy atom. The zero-order valence-corrected chi connectivity index (χ0v) is 22.4. The standard InChI is InChI=1S/C29H40N4O5/c1-2-22-8-9-25(30-20-22)33(28(37)24-7-6-18-38-24)23-10-15-32(16-11-23)17-14-29(12-4-3-5-13-29)19-26(34)31-21-27(35)36/h6-9,18,20,23H,2-5,10-17,19,21H2,1H3,(H,31,34)(H,35,36). The molecule has 0 atom stereocenters. The minimum atomic E-state index is -1.02. The molecule has 4 rings (SSSR count). The Kier molecular flexibility index (Phi) is 9.55. The van der Waals surface area contributed by atoms with Gasteiger partial charge in [0, 0.05) is 31.7 Å². The van der Waals surface area contributed by atoms with E-state index in [9.17, 15) is 14.4 Å². The Labute approximate surface area is 224 Å². The smallest absolute Gasteiger partial charge is 0.322 e. The summed E-state index contributed by atoms with van der Waals surface area (Å²) in [4.78, 5) is 45.6. The number of piperidine rings is 1. The predicted octanol–water partition coefficient (Wildman–Crippen LogP) is 4.28. The summed E-state index contributed by atoms with van der Waals surface area (Å²) in [6.45, 7) is 4.38. The molecule has 2 aliphatic rings. The van der Waals surface area contributed by atoms with E-state index in [1.165, 1.54) is 12.7 Å². The van der Waals surface area contributed by atoms with E-state index in [0.717, 1.165) is 76.6 Å². The Balaban J connectivity index is 1.37. The topological polar surface area (TPSA) is 116 Å². The zero-order valence-electron chi connectivity index (χ0n) is 22.4. The van der Waals surface area contributed by atoms with Crippen LogP contribution in [0.4, 0.5) is 5.82 Å². The first-order chi connectivity index (χ1) is 18.4. The molecule has 0 aromatic carbocycles. The quantitative estimate of drug-likeness (QED) is 0.451. The second-order valence-corrected chi connectivity index (χ2v) is 10.8. The molecule has 9 heteroatoms. The van der Waals surface area contributed by atoms with Crippen LogP contribution in [0.3, 0.4) is 0 Å². The number of amides is 2. The van der Waals surface area contributed by atoms with E-state index in [0.29, 0.717) is 18.0 Å². The van der Waals surface area contributed by atoms with Gasteiger partial charge in [0.2, 0.25) is 5.91 Å². The summed E-state index contributed by atoms with van der Waals surface area (Å²) in [6.07, 6.45) is 12.7. The molecule has 2 aromatic rings. The molecular weight excluding hydrogens is 484 g/mol. The highest BCUT2D eigenvalue weighted by Gasteiger charge is 2.36. The number of aryl methyl sites for hydroxylation is 1. The number of carboxylic acids is 1. The van der Waals surface area contributed by atoms with Gasteiger partial charge >= 0.3 is 5.97 Å². The van der Waals surface area contributed by atoms with E-state index in [1.807, 2.05) is 18.3 Å². The van der Waals surface area contributed by atoms with Crippen LogP contribution in [0.5, 0.6) is 0 Å². The van der Waals surface area contributed by atoms with E-state index in [4.69, 9.17) is 9.52 Å². The largest absolute Gasteiger partial charge is 0.480 e. The third-order valence-electron chi connectivity index (χ3n) is 8.18. The van der Waals surface area contributed by atoms with Gasteiger partial charge < -0.3 is 19.7 Å². The van der Waals surface area contributed by atoms with Crippen molar-refractivity contribution in [2.45, 2.75) is 77.2 Å². The number of carbonyl (C=O) groups is 3. The maximum Gasteiger partial charge on any atom is 0.322 e. The zero-order chi connectivity index (χ0) is 27.0. The average Bonchev–Trinajstić information content (AvgIpc) is 3.48. The van der Waals surface area contributed by atoms with Gasteiger partial charge in [0.1, 0.15) is 12.4 Å². The lowest BCUT2D eigenvalue weighted by atomic mass is 9.69. The lowest BCUT2D eigenvalue weighted by Gasteiger charge is -2.41. The van der Waals surface area contributed by atoms with Gasteiger partial charge in [0.25, 0.3) is 5.91 Å². The average molecular weight is 525 g/mol. The van der Waals surface area contributed by atoms with Crippen LogP contribution < -0.4 is 10.2 Å². The summed E-state index contributed by atoms with van der Waals surface area (Å²) < 4.78 is 5.44. The van der Waals surface area contributed by atoms with Crippen molar-refractivity contribution in [3.63, 3.8) is 0 Å². The fraction of sp³-hybridized carbons (Fsp3) is 0.586. The lowest BCUT2D eigenvalue weighted by molar-refractivity contribution is -0.138. The normalized spacial score (nSPS) is 18.1. The van der Waals surface area contributed by atoms with Crippen molar-refractivity contribution < 1.29 is 23.9 Å². The molecule has 0 unspecified atom stereocenters. The summed E-state index contributed by atoms with van der Waals surface area (Å²) in [5.74, 6) is -0.389. The van der Waals surface area contributed by atoms with Gasteiger partial charge in [-0.2, -0.15) is 0 Å². The van der Waals surface area contributed by atoms with Crippen LogP contribution in [-0.2, 0) is 16.0 Å². The molecule has 1 aliphatic carbocycles. The van der Waals surface area contributed by atoms with Crippen LogP contribution in [-0.4, -0.2) is 65.0 Å². The summed E-state index contributed by atoms with van der Waals surface area (Å²) >= 11 is 0. The first-order valence-corrected chi connectivity index (χ1v) is 13.9. The number of hydrogen-bond donors (Lipinski definition) is 2. The summed E-state index contributed by atoms with van der Waals surface area (Å²) in [5, 5.41) is 11.4. The molecule has 38 heavy (non-hydrogen) atoms. The van der Waals surface area contributed by atoms with E-state index >= 15 is 0 Å². The molecule has 1 aliphatic heterocycles. The first kappa shape index (κ1) is 27.8. The molecule has 2 aromatic heterocycles. The Morgan fingerprint density at radius 3 is 2.53 bits per heavy atom. The second kappa shape index (κ2) is 13.0. The van der Waals surface area contributed by atoms with Crippen LogP contribution >= 0.6 is 0 Å². The first-order valence-electron chi connectivity index (χ1n) is 13.9. The number of carboxylic acid groups (broad SMARTS) is 1. The lowest BCUT2D eigenvalue weighted by Crippen LogP contribution is -2.48. The molecule has 2 amide bonds. The molecule has 0 bridgehead atoms. The third kappa shape index (κ3) is 7.22. The predicted molar refractivity (Wildman–Crippen MR) is 144 cm³/mol. The molecule has 3 heterocycles. The van der Waals surface area contributed by atoms with E-state index in [-0.39, 0.29) is 29.8 Å². The van der Waals surface area contributed by atoms with Gasteiger partial charge in [-0.3, -0.25) is 19.3 Å². The third-order valence-corrected chi connectivity index (χ3v) is 8.18. The van der Waals surface area contributed by atoms with Crippen LogP contribution in [0.15, 0.2) is 41.1 Å². The number of aliphatic carboxylic acids is 1. The highest BCUT2D eigenvalue weighted by molar-refractivity contribution is 6.04. The van der Waals surface area contributed by atoms with Gasteiger partial charge in [0.15, 0.2) is 5.76 Å². The van der Waals surface area contributed by atoms with Crippen LogP contribution in [0.1, 0.15) is 80.8 Å². The molecule has 9 nitrogen and oxygen atoms in total. The fourth-order valence-corrected chi connectivity index (χ4v) is 5.93. The number of likely N-dealkylation sites (tertiary alicyclic amines) is 1. The fourth-order valence-electron chi connectivity index (χ4n) is 5.93. The highest BCUT2D eigenvalue weighted by Crippen LogP contribution is 2.42. The van der Waals surface area contributed by atoms with E-state index in [2.05, 4.69) is 22.1 Å². The van der Waals surface area contributed by atoms with Gasteiger partial charge in [-0.15, -0.1) is 0 Å². The van der Waals surface area contributed by atoms with Gasteiger partial charge in [-0.1, -0.05) is 32.3 Å². The summed E-state index contributed by atoms with van der Waals surface area (Å²) in [6, 6.07) is 7.39. The number of nitrogens with zero attached hydrogens (tertiary/aromatic N) is 3. The number of rotatable bonds is 11. The maximum absolute atomic E-state index is 13.4. The molecule has 0 radical (unpaired) electrons. The Bertz CT molecular complexity index is 1060. The highest BCUT2D eigenvalue weighted by atomic mass is 16.4. The summed E-state index contributed by atoms with van der Waals surface area (Å²) in [5.41, 5.74) is 1.06. The number of aromatic nitrogens is 1. The van der Waals surface area contributed by atoms with Crippen molar-refractivity contribution in [3.8, 4) is 0 Å². The number of nitrogens with one attached hydrogen (secondary N) is 1. The van der Waals surface area contributed by atoms with E-state index < -0.39 is 5.97 Å². The van der Waals surface area contributed by atoms with Crippen molar-refractivity contribution in [1.82, 2.24) is 15.2 Å². The molecule has 2 fully saturated rings. The van der Waals surface area contributed by atoms with E-state index in [1.54, 1.807) is 17.0 Å². The van der Waals surface area contributed by atoms with Gasteiger partial charge in [-0.05, 0) is 74.2 Å².